The summed E-state index contributed by atoms with van der Waals surface area (Å²) >= 11 is 0. The number of nitrogens with zero attached hydrogens (tertiary/aromatic N) is 2. The molecule has 174 valence electrons. The first-order valence-electron chi connectivity index (χ1n) is 11.0. The van der Waals surface area contributed by atoms with Crippen molar-refractivity contribution in [3.05, 3.63) is 29.8 Å². The van der Waals surface area contributed by atoms with Gasteiger partial charge >= 0.3 is 0 Å². The molecular formula is C22H36IN5O3. The van der Waals surface area contributed by atoms with Crippen LogP contribution in [0.5, 0.6) is 0 Å². The first kappa shape index (κ1) is 25.8. The maximum Gasteiger partial charge on any atom is 0.253 e. The smallest absolute Gasteiger partial charge is 0.253 e. The molecular weight excluding hydrogens is 509 g/mol. The number of halogens is 1. The number of hydrogen-bond acceptors (Lipinski definition) is 5. The quantitative estimate of drug-likeness (QED) is 0.264. The van der Waals surface area contributed by atoms with E-state index in [4.69, 9.17) is 14.5 Å². The number of carbonyl (C=O) groups excluding carboxylic acids is 1. The average molecular weight is 545 g/mol. The van der Waals surface area contributed by atoms with Crippen LogP contribution in [0, 0.1) is 0 Å². The van der Waals surface area contributed by atoms with Crippen LogP contribution in [0.25, 0.3) is 0 Å². The van der Waals surface area contributed by atoms with Crippen LogP contribution in [0.4, 0.5) is 5.69 Å². The average Bonchev–Trinajstić information content (AvgIpc) is 3.31. The van der Waals surface area contributed by atoms with Gasteiger partial charge in [0.05, 0.1) is 19.8 Å². The summed E-state index contributed by atoms with van der Waals surface area (Å²) in [5.74, 6) is 0.728. The number of amides is 1. The zero-order valence-electron chi connectivity index (χ0n) is 18.6. The summed E-state index contributed by atoms with van der Waals surface area (Å²) in [6, 6.07) is 8.24. The topological polar surface area (TPSA) is 87.2 Å². The van der Waals surface area contributed by atoms with Crippen molar-refractivity contribution in [2.75, 3.05) is 51.3 Å². The number of nitrogens with one attached hydrogen (secondary N) is 3. The fourth-order valence-corrected chi connectivity index (χ4v) is 3.66. The Hall–Kier alpha value is -1.43. The number of morpholine rings is 1. The second kappa shape index (κ2) is 13.9. The summed E-state index contributed by atoms with van der Waals surface area (Å²) in [5, 5.41) is 9.70. The van der Waals surface area contributed by atoms with E-state index in [0.717, 1.165) is 69.4 Å². The Balaban J connectivity index is 0.00000341. The molecule has 0 spiro atoms. The molecule has 1 aromatic rings. The van der Waals surface area contributed by atoms with Gasteiger partial charge in [-0.05, 0) is 44.4 Å². The van der Waals surface area contributed by atoms with Gasteiger partial charge in [-0.1, -0.05) is 12.1 Å². The SMILES string of the molecule is CCNC(=NCc1cccc(NC(=O)C2CCCO2)c1)NCC(C)N1CCOCC1.I. The molecule has 0 aliphatic carbocycles. The van der Waals surface area contributed by atoms with E-state index in [0.29, 0.717) is 19.2 Å². The van der Waals surface area contributed by atoms with Crippen molar-refractivity contribution < 1.29 is 14.3 Å². The van der Waals surface area contributed by atoms with Gasteiger partial charge in [0.1, 0.15) is 6.10 Å². The summed E-state index contributed by atoms with van der Waals surface area (Å²) in [6.07, 6.45) is 1.40. The maximum atomic E-state index is 12.3. The summed E-state index contributed by atoms with van der Waals surface area (Å²) in [6.45, 7) is 10.7. The van der Waals surface area contributed by atoms with Gasteiger partial charge in [0, 0.05) is 44.5 Å². The van der Waals surface area contributed by atoms with Gasteiger partial charge in [0.15, 0.2) is 5.96 Å². The summed E-state index contributed by atoms with van der Waals surface area (Å²) in [4.78, 5) is 19.4. The molecule has 1 amide bonds. The monoisotopic (exact) mass is 545 g/mol. The van der Waals surface area contributed by atoms with Crippen molar-refractivity contribution in [1.82, 2.24) is 15.5 Å². The number of carbonyl (C=O) groups is 1. The van der Waals surface area contributed by atoms with Crippen LogP contribution in [-0.2, 0) is 20.8 Å². The Bertz CT molecular complexity index is 706. The molecule has 0 saturated carbocycles. The van der Waals surface area contributed by atoms with Crippen LogP contribution in [0.3, 0.4) is 0 Å². The van der Waals surface area contributed by atoms with Crippen molar-refractivity contribution in [2.45, 2.75) is 45.4 Å². The summed E-state index contributed by atoms with van der Waals surface area (Å²) in [5.41, 5.74) is 1.82. The van der Waals surface area contributed by atoms with Crippen LogP contribution in [0.2, 0.25) is 0 Å². The van der Waals surface area contributed by atoms with Gasteiger partial charge in [-0.2, -0.15) is 0 Å². The summed E-state index contributed by atoms with van der Waals surface area (Å²) < 4.78 is 10.9. The zero-order valence-corrected chi connectivity index (χ0v) is 20.9. The van der Waals surface area contributed by atoms with E-state index in [1.807, 2.05) is 24.3 Å². The fourth-order valence-electron chi connectivity index (χ4n) is 3.66. The molecule has 9 heteroatoms. The third kappa shape index (κ3) is 8.55. The highest BCUT2D eigenvalue weighted by atomic mass is 127. The molecule has 8 nitrogen and oxygen atoms in total. The van der Waals surface area contributed by atoms with Crippen LogP contribution in [-0.4, -0.2) is 74.9 Å². The Kier molecular flexibility index (Phi) is 11.6. The second-order valence-corrected chi connectivity index (χ2v) is 7.76. The number of guanidine groups is 1. The number of anilines is 1. The number of hydrogen-bond donors (Lipinski definition) is 3. The fraction of sp³-hybridized carbons (Fsp3) is 0.636. The molecule has 2 unspecified atom stereocenters. The van der Waals surface area contributed by atoms with E-state index in [9.17, 15) is 4.79 Å². The molecule has 31 heavy (non-hydrogen) atoms. The minimum atomic E-state index is -0.329. The van der Waals surface area contributed by atoms with Crippen molar-refractivity contribution in [3.63, 3.8) is 0 Å². The molecule has 0 aromatic heterocycles. The van der Waals surface area contributed by atoms with Gasteiger partial charge in [0.2, 0.25) is 0 Å². The first-order valence-corrected chi connectivity index (χ1v) is 11.0. The molecule has 0 bridgehead atoms. The second-order valence-electron chi connectivity index (χ2n) is 7.76. The lowest BCUT2D eigenvalue weighted by molar-refractivity contribution is -0.124. The van der Waals surface area contributed by atoms with Crippen molar-refractivity contribution in [3.8, 4) is 0 Å². The predicted octanol–water partition coefficient (Wildman–Crippen LogP) is 2.20. The molecule has 1 aromatic carbocycles. The van der Waals surface area contributed by atoms with Gasteiger partial charge in [0.25, 0.3) is 5.91 Å². The van der Waals surface area contributed by atoms with E-state index in [1.165, 1.54) is 0 Å². The summed E-state index contributed by atoms with van der Waals surface area (Å²) in [7, 11) is 0. The van der Waals surface area contributed by atoms with Gasteiger partial charge in [-0.25, -0.2) is 4.99 Å². The highest BCUT2D eigenvalue weighted by Gasteiger charge is 2.23. The normalized spacial score (nSPS) is 20.6. The predicted molar refractivity (Wildman–Crippen MR) is 134 cm³/mol. The third-order valence-corrected chi connectivity index (χ3v) is 5.41. The highest BCUT2D eigenvalue weighted by molar-refractivity contribution is 14.0. The lowest BCUT2D eigenvalue weighted by atomic mass is 10.2. The van der Waals surface area contributed by atoms with Crippen molar-refractivity contribution in [2.24, 2.45) is 4.99 Å². The molecule has 0 radical (unpaired) electrons. The minimum Gasteiger partial charge on any atom is -0.379 e. The van der Waals surface area contributed by atoms with Crippen molar-refractivity contribution in [1.29, 1.82) is 0 Å². The lowest BCUT2D eigenvalue weighted by Crippen LogP contribution is -2.49. The zero-order chi connectivity index (χ0) is 21.2. The largest absolute Gasteiger partial charge is 0.379 e. The van der Waals surface area contributed by atoms with E-state index in [2.05, 4.69) is 34.7 Å². The molecule has 2 aliphatic heterocycles. The van der Waals surface area contributed by atoms with Crippen LogP contribution < -0.4 is 16.0 Å². The molecule has 2 atom stereocenters. The third-order valence-electron chi connectivity index (χ3n) is 5.41. The maximum absolute atomic E-state index is 12.3. The standard InChI is InChI=1S/C22H35N5O3.HI/c1-3-23-22(24-15-17(2)27-9-12-29-13-10-27)25-16-18-6-4-7-19(14-18)26-21(28)20-8-5-11-30-20;/h4,6-7,14,17,20H,3,5,8-13,15-16H2,1-2H3,(H,26,28)(H2,23,24,25);1H. The van der Waals surface area contributed by atoms with E-state index in [1.54, 1.807) is 0 Å². The molecule has 3 N–H and O–H groups in total. The Morgan fingerprint density at radius 1 is 1.26 bits per heavy atom. The number of aliphatic imine (C=N–C) groups is 1. The number of benzene rings is 1. The highest BCUT2D eigenvalue weighted by Crippen LogP contribution is 2.16. The van der Waals surface area contributed by atoms with E-state index < -0.39 is 0 Å². The molecule has 2 aliphatic rings. The van der Waals surface area contributed by atoms with Crippen LogP contribution in [0.1, 0.15) is 32.3 Å². The minimum absolute atomic E-state index is 0. The van der Waals surface area contributed by atoms with E-state index >= 15 is 0 Å². The molecule has 2 fully saturated rings. The van der Waals surface area contributed by atoms with Gasteiger partial charge in [-0.3, -0.25) is 9.69 Å². The Labute approximate surface area is 202 Å². The number of ether oxygens (including phenoxy) is 2. The lowest BCUT2D eigenvalue weighted by Gasteiger charge is -2.32. The van der Waals surface area contributed by atoms with Crippen LogP contribution >= 0.6 is 24.0 Å². The Morgan fingerprint density at radius 3 is 2.77 bits per heavy atom. The Morgan fingerprint density at radius 2 is 2.06 bits per heavy atom. The first-order chi connectivity index (χ1) is 14.7. The van der Waals surface area contributed by atoms with Gasteiger partial charge in [-0.15, -0.1) is 24.0 Å². The molecule has 3 rings (SSSR count). The van der Waals surface area contributed by atoms with Crippen LogP contribution in [0.15, 0.2) is 29.3 Å². The van der Waals surface area contributed by atoms with E-state index in [-0.39, 0.29) is 36.0 Å². The van der Waals surface area contributed by atoms with Gasteiger partial charge < -0.3 is 25.4 Å². The molecule has 2 heterocycles. The van der Waals surface area contributed by atoms with Crippen molar-refractivity contribution >= 4 is 41.5 Å². The molecule has 2 saturated heterocycles. The number of rotatable bonds is 8.